The Morgan fingerprint density at radius 2 is 1.67 bits per heavy atom. The summed E-state index contributed by atoms with van der Waals surface area (Å²) in [5.41, 5.74) is 0.718. The van der Waals surface area contributed by atoms with Gasteiger partial charge >= 0.3 is 5.97 Å². The number of nitro groups is 1. The van der Waals surface area contributed by atoms with E-state index < -0.39 is 23.4 Å². The molecule has 0 saturated carbocycles. The number of benzene rings is 2. The molecule has 30 heavy (non-hydrogen) atoms. The molecule has 0 fully saturated rings. The molecule has 2 rings (SSSR count). The van der Waals surface area contributed by atoms with Crippen molar-refractivity contribution in [2.45, 2.75) is 13.0 Å². The van der Waals surface area contributed by atoms with Crippen molar-refractivity contribution in [3.63, 3.8) is 0 Å². The highest BCUT2D eigenvalue weighted by atomic mass is 16.6. The molecule has 1 N–H and O–H groups in total. The second-order valence-electron chi connectivity index (χ2n) is 6.03. The molecule has 0 aromatic heterocycles. The second-order valence-corrected chi connectivity index (χ2v) is 6.03. The zero-order valence-corrected chi connectivity index (χ0v) is 16.8. The van der Waals surface area contributed by atoms with Crippen LogP contribution in [0, 0.1) is 10.1 Å². The fourth-order valence-corrected chi connectivity index (χ4v) is 2.68. The molecule has 0 aliphatic carbocycles. The predicted octanol–water partition coefficient (Wildman–Crippen LogP) is 2.02. The van der Waals surface area contributed by atoms with Gasteiger partial charge in [0, 0.05) is 18.2 Å². The molecule has 1 amide bonds. The van der Waals surface area contributed by atoms with Gasteiger partial charge in [-0.3, -0.25) is 19.7 Å². The first kappa shape index (κ1) is 22.5. The highest BCUT2D eigenvalue weighted by molar-refractivity contribution is 5.81. The molecular formula is C20H22N2O8. The van der Waals surface area contributed by atoms with E-state index in [0.717, 1.165) is 0 Å². The van der Waals surface area contributed by atoms with Crippen LogP contribution in [0.2, 0.25) is 0 Å². The lowest BCUT2D eigenvalue weighted by Gasteiger charge is -2.14. The Bertz CT molecular complexity index is 904. The molecule has 0 atom stereocenters. The molecule has 10 nitrogen and oxygen atoms in total. The number of nitro benzene ring substituents is 1. The molecule has 160 valence electrons. The fourth-order valence-electron chi connectivity index (χ4n) is 2.68. The topological polar surface area (TPSA) is 126 Å². The van der Waals surface area contributed by atoms with Gasteiger partial charge in [0.05, 0.1) is 32.7 Å². The number of amides is 1. The van der Waals surface area contributed by atoms with Crippen LogP contribution in [0.25, 0.3) is 0 Å². The first-order chi connectivity index (χ1) is 14.4. The molecular weight excluding hydrogens is 396 g/mol. The van der Waals surface area contributed by atoms with Gasteiger partial charge in [-0.05, 0) is 17.7 Å². The van der Waals surface area contributed by atoms with Gasteiger partial charge in [-0.25, -0.2) is 0 Å². The van der Waals surface area contributed by atoms with Crippen LogP contribution < -0.4 is 19.5 Å². The van der Waals surface area contributed by atoms with Crippen molar-refractivity contribution in [3.05, 3.63) is 57.6 Å². The van der Waals surface area contributed by atoms with Gasteiger partial charge in [-0.2, -0.15) is 0 Å². The smallest absolute Gasteiger partial charge is 0.311 e. The van der Waals surface area contributed by atoms with Gasteiger partial charge in [0.1, 0.15) is 0 Å². The molecule has 0 bridgehead atoms. The van der Waals surface area contributed by atoms with Crippen LogP contribution in [0.1, 0.15) is 11.1 Å². The molecule has 0 unspecified atom stereocenters. The molecule has 0 aliphatic heterocycles. The van der Waals surface area contributed by atoms with E-state index in [9.17, 15) is 19.7 Å². The summed E-state index contributed by atoms with van der Waals surface area (Å²) in [6, 6.07) is 9.21. The van der Waals surface area contributed by atoms with E-state index in [1.165, 1.54) is 39.5 Å². The number of para-hydroxylation sites is 1. The number of hydrogen-bond donors (Lipinski definition) is 1. The third-order valence-electron chi connectivity index (χ3n) is 4.10. The summed E-state index contributed by atoms with van der Waals surface area (Å²) in [7, 11) is 4.45. The van der Waals surface area contributed by atoms with Crippen molar-refractivity contribution in [1.82, 2.24) is 5.32 Å². The van der Waals surface area contributed by atoms with Crippen molar-refractivity contribution in [2.24, 2.45) is 0 Å². The minimum Gasteiger partial charge on any atom is -0.493 e. The van der Waals surface area contributed by atoms with Crippen LogP contribution in [0.5, 0.6) is 17.2 Å². The standard InChI is InChI=1S/C20H22N2O8/c1-27-16-8-13(9-17(28-2)20(16)29-3)11-21-18(23)12-30-19(24)10-14-6-4-5-7-15(14)22(25)26/h4-9H,10-12H2,1-3H3,(H,21,23). The van der Waals surface area contributed by atoms with E-state index in [1.54, 1.807) is 18.2 Å². The van der Waals surface area contributed by atoms with Gasteiger partial charge in [-0.15, -0.1) is 0 Å². The third kappa shape index (κ3) is 5.84. The number of methoxy groups -OCH3 is 3. The summed E-state index contributed by atoms with van der Waals surface area (Å²) in [4.78, 5) is 34.3. The Labute approximate surface area is 172 Å². The fraction of sp³-hybridized carbons (Fsp3) is 0.300. The quantitative estimate of drug-likeness (QED) is 0.353. The van der Waals surface area contributed by atoms with Gasteiger partial charge in [0.15, 0.2) is 18.1 Å². The van der Waals surface area contributed by atoms with Crippen LogP contribution in [-0.2, 0) is 27.3 Å². The molecule has 0 saturated heterocycles. The van der Waals surface area contributed by atoms with Crippen molar-refractivity contribution < 1.29 is 33.5 Å². The van der Waals surface area contributed by atoms with E-state index in [2.05, 4.69) is 5.32 Å². The van der Waals surface area contributed by atoms with Crippen LogP contribution in [-0.4, -0.2) is 44.7 Å². The maximum atomic E-state index is 12.0. The number of ether oxygens (including phenoxy) is 4. The zero-order valence-electron chi connectivity index (χ0n) is 16.8. The number of carbonyl (C=O) groups is 2. The molecule has 0 spiro atoms. The van der Waals surface area contributed by atoms with Gasteiger partial charge in [0.25, 0.3) is 11.6 Å². The van der Waals surface area contributed by atoms with Crippen molar-refractivity contribution >= 4 is 17.6 Å². The predicted molar refractivity (Wildman–Crippen MR) is 106 cm³/mol. The lowest BCUT2D eigenvalue weighted by molar-refractivity contribution is -0.385. The molecule has 0 aliphatic rings. The second kappa shape index (κ2) is 10.6. The van der Waals surface area contributed by atoms with Crippen molar-refractivity contribution in [3.8, 4) is 17.2 Å². The van der Waals surface area contributed by atoms with Crippen molar-refractivity contribution in [1.29, 1.82) is 0 Å². The largest absolute Gasteiger partial charge is 0.493 e. The van der Waals surface area contributed by atoms with Gasteiger partial charge in [-0.1, -0.05) is 18.2 Å². The first-order valence-electron chi connectivity index (χ1n) is 8.83. The minimum absolute atomic E-state index is 0.136. The average molecular weight is 418 g/mol. The monoisotopic (exact) mass is 418 g/mol. The lowest BCUT2D eigenvalue weighted by Crippen LogP contribution is -2.28. The number of hydrogen-bond acceptors (Lipinski definition) is 8. The maximum absolute atomic E-state index is 12.0. The van der Waals surface area contributed by atoms with Crippen LogP contribution >= 0.6 is 0 Å². The summed E-state index contributed by atoms with van der Waals surface area (Å²) in [5, 5.41) is 13.6. The first-order valence-corrected chi connectivity index (χ1v) is 8.83. The number of rotatable bonds is 10. The molecule has 10 heteroatoms. The van der Waals surface area contributed by atoms with Crippen LogP contribution in [0.15, 0.2) is 36.4 Å². The Hall–Kier alpha value is -3.82. The average Bonchev–Trinajstić information content (AvgIpc) is 2.75. The Morgan fingerprint density at radius 3 is 2.23 bits per heavy atom. The normalized spacial score (nSPS) is 10.1. The van der Waals surface area contributed by atoms with Crippen molar-refractivity contribution in [2.75, 3.05) is 27.9 Å². The summed E-state index contributed by atoms with van der Waals surface area (Å²) < 4.78 is 20.7. The van der Waals surface area contributed by atoms with Crippen LogP contribution in [0.3, 0.4) is 0 Å². The van der Waals surface area contributed by atoms with E-state index in [4.69, 9.17) is 18.9 Å². The van der Waals surface area contributed by atoms with E-state index in [1.807, 2.05) is 0 Å². The highest BCUT2D eigenvalue weighted by Gasteiger charge is 2.17. The Balaban J connectivity index is 1.90. The Kier molecular flexibility index (Phi) is 7.98. The maximum Gasteiger partial charge on any atom is 0.311 e. The highest BCUT2D eigenvalue weighted by Crippen LogP contribution is 2.38. The van der Waals surface area contributed by atoms with Crippen LogP contribution in [0.4, 0.5) is 5.69 Å². The number of nitrogens with one attached hydrogen (secondary N) is 1. The zero-order chi connectivity index (χ0) is 22.1. The summed E-state index contributed by atoms with van der Waals surface area (Å²) >= 11 is 0. The number of carbonyl (C=O) groups excluding carboxylic acids is 2. The summed E-state index contributed by atoms with van der Waals surface area (Å²) in [6.07, 6.45) is -0.308. The minimum atomic E-state index is -0.743. The van der Waals surface area contributed by atoms with E-state index in [0.29, 0.717) is 22.8 Å². The molecule has 0 heterocycles. The molecule has 2 aromatic carbocycles. The van der Waals surface area contributed by atoms with E-state index in [-0.39, 0.29) is 24.2 Å². The van der Waals surface area contributed by atoms with E-state index >= 15 is 0 Å². The molecule has 2 aromatic rings. The summed E-state index contributed by atoms with van der Waals surface area (Å²) in [6.45, 7) is -0.374. The molecule has 0 radical (unpaired) electrons. The van der Waals surface area contributed by atoms with Gasteiger partial charge in [0.2, 0.25) is 5.75 Å². The number of esters is 1. The Morgan fingerprint density at radius 1 is 1.03 bits per heavy atom. The SMILES string of the molecule is COc1cc(CNC(=O)COC(=O)Cc2ccccc2[N+](=O)[O-])cc(OC)c1OC. The van der Waals surface area contributed by atoms with Gasteiger partial charge < -0.3 is 24.3 Å². The summed E-state index contributed by atoms with van der Waals surface area (Å²) in [5.74, 6) is 0.0416. The third-order valence-corrected chi connectivity index (χ3v) is 4.10. The number of nitrogens with zero attached hydrogens (tertiary/aromatic N) is 1. The lowest BCUT2D eigenvalue weighted by atomic mass is 10.1.